The molecule has 0 radical (unpaired) electrons. The van der Waals surface area contributed by atoms with Gasteiger partial charge in [-0.25, -0.2) is 0 Å². The van der Waals surface area contributed by atoms with E-state index >= 15 is 0 Å². The summed E-state index contributed by atoms with van der Waals surface area (Å²) in [5.74, 6) is 0.797. The fraction of sp³-hybridized carbons (Fsp3) is 0.524. The van der Waals surface area contributed by atoms with Crippen LogP contribution in [-0.2, 0) is 11.3 Å². The van der Waals surface area contributed by atoms with Crippen molar-refractivity contribution >= 4 is 11.3 Å². The van der Waals surface area contributed by atoms with Gasteiger partial charge >= 0.3 is 0 Å². The zero-order chi connectivity index (χ0) is 18.9. The molecular weight excluding hydrogens is 360 g/mol. The van der Waals surface area contributed by atoms with Gasteiger partial charge < -0.3 is 14.6 Å². The highest BCUT2D eigenvalue weighted by molar-refractivity contribution is 7.11. The second-order valence-electron chi connectivity index (χ2n) is 6.98. The van der Waals surface area contributed by atoms with Crippen LogP contribution in [0.15, 0.2) is 42.5 Å². The van der Waals surface area contributed by atoms with E-state index in [9.17, 15) is 5.11 Å². The van der Waals surface area contributed by atoms with Crippen LogP contribution in [0.1, 0.15) is 9.75 Å². The molecule has 0 bridgehead atoms. The lowest BCUT2D eigenvalue weighted by atomic mass is 10.3. The third kappa shape index (κ3) is 7.24. The van der Waals surface area contributed by atoms with Crippen molar-refractivity contribution in [2.75, 3.05) is 52.5 Å². The molecule has 1 aliphatic rings. The van der Waals surface area contributed by atoms with E-state index in [1.807, 2.05) is 41.7 Å². The highest BCUT2D eigenvalue weighted by Crippen LogP contribution is 2.17. The van der Waals surface area contributed by atoms with Crippen LogP contribution in [-0.4, -0.2) is 73.6 Å². The second-order valence-corrected chi connectivity index (χ2v) is 8.35. The van der Waals surface area contributed by atoms with E-state index < -0.39 is 6.10 Å². The average Bonchev–Trinajstić information content (AvgIpc) is 3.11. The number of nitrogens with zero attached hydrogens (tertiary/aromatic N) is 2. The molecule has 5 nitrogen and oxygen atoms in total. The Morgan fingerprint density at radius 3 is 2.67 bits per heavy atom. The lowest BCUT2D eigenvalue weighted by molar-refractivity contribution is 0.0257. The molecule has 6 heteroatoms. The summed E-state index contributed by atoms with van der Waals surface area (Å²) in [6.07, 6.45) is -0.518. The SMILES string of the molecule is Cc1ccc(CN(CCN2CCOCC2)CC(O)COc2ccccc2)s1. The van der Waals surface area contributed by atoms with Gasteiger partial charge in [0.1, 0.15) is 18.5 Å². The van der Waals surface area contributed by atoms with Gasteiger partial charge in [-0.05, 0) is 31.2 Å². The van der Waals surface area contributed by atoms with Crippen LogP contribution in [0.5, 0.6) is 5.75 Å². The molecule has 1 unspecified atom stereocenters. The van der Waals surface area contributed by atoms with Gasteiger partial charge in [0.2, 0.25) is 0 Å². The van der Waals surface area contributed by atoms with Crippen LogP contribution < -0.4 is 4.74 Å². The molecule has 0 spiro atoms. The molecule has 2 aromatic rings. The van der Waals surface area contributed by atoms with Gasteiger partial charge in [0.15, 0.2) is 0 Å². The van der Waals surface area contributed by atoms with Crippen molar-refractivity contribution in [2.45, 2.75) is 19.6 Å². The minimum Gasteiger partial charge on any atom is -0.491 e. The van der Waals surface area contributed by atoms with Gasteiger partial charge in [-0.2, -0.15) is 0 Å². The highest BCUT2D eigenvalue weighted by Gasteiger charge is 2.17. The molecule has 1 atom stereocenters. The maximum atomic E-state index is 10.5. The maximum absolute atomic E-state index is 10.5. The molecule has 0 amide bonds. The van der Waals surface area contributed by atoms with E-state index in [4.69, 9.17) is 9.47 Å². The fourth-order valence-electron chi connectivity index (χ4n) is 3.19. The number of para-hydroxylation sites is 1. The molecule has 1 aromatic carbocycles. The van der Waals surface area contributed by atoms with E-state index in [0.29, 0.717) is 13.2 Å². The molecule has 1 fully saturated rings. The molecular formula is C21H30N2O3S. The largest absolute Gasteiger partial charge is 0.491 e. The monoisotopic (exact) mass is 390 g/mol. The smallest absolute Gasteiger partial charge is 0.119 e. The Balaban J connectivity index is 1.51. The fourth-order valence-corrected chi connectivity index (χ4v) is 4.13. The number of hydrogen-bond donors (Lipinski definition) is 1. The van der Waals surface area contributed by atoms with Crippen LogP contribution in [0.3, 0.4) is 0 Å². The Labute approximate surface area is 166 Å². The third-order valence-electron chi connectivity index (χ3n) is 4.67. The van der Waals surface area contributed by atoms with Gasteiger partial charge in [-0.1, -0.05) is 18.2 Å². The summed E-state index contributed by atoms with van der Waals surface area (Å²) in [5, 5.41) is 10.5. The zero-order valence-electron chi connectivity index (χ0n) is 16.0. The first-order valence-corrected chi connectivity index (χ1v) is 10.4. The van der Waals surface area contributed by atoms with Gasteiger partial charge in [0.05, 0.1) is 13.2 Å². The Morgan fingerprint density at radius 1 is 1.19 bits per heavy atom. The van der Waals surface area contributed by atoms with E-state index in [1.165, 1.54) is 9.75 Å². The molecule has 27 heavy (non-hydrogen) atoms. The normalized spacial score (nSPS) is 16.6. The number of morpholine rings is 1. The minimum atomic E-state index is -0.518. The average molecular weight is 391 g/mol. The first kappa shape index (κ1) is 20.3. The van der Waals surface area contributed by atoms with E-state index in [0.717, 1.165) is 51.7 Å². The first-order valence-electron chi connectivity index (χ1n) is 9.63. The second kappa shape index (κ2) is 10.8. The number of thiophene rings is 1. The maximum Gasteiger partial charge on any atom is 0.119 e. The molecule has 148 valence electrons. The summed E-state index contributed by atoms with van der Waals surface area (Å²) in [5.41, 5.74) is 0. The molecule has 1 aliphatic heterocycles. The Bertz CT molecular complexity index is 658. The summed E-state index contributed by atoms with van der Waals surface area (Å²) in [4.78, 5) is 7.43. The topological polar surface area (TPSA) is 45.2 Å². The van der Waals surface area contributed by atoms with Crippen LogP contribution in [0, 0.1) is 6.92 Å². The molecule has 0 saturated carbocycles. The highest BCUT2D eigenvalue weighted by atomic mass is 32.1. The van der Waals surface area contributed by atoms with Crippen molar-refractivity contribution in [3.63, 3.8) is 0 Å². The summed E-state index contributed by atoms with van der Waals surface area (Å²) in [7, 11) is 0. The lowest BCUT2D eigenvalue weighted by Gasteiger charge is -2.30. The van der Waals surface area contributed by atoms with E-state index in [1.54, 1.807) is 0 Å². The Kier molecular flexibility index (Phi) is 8.10. The number of hydrogen-bond acceptors (Lipinski definition) is 6. The van der Waals surface area contributed by atoms with Crippen LogP contribution in [0.25, 0.3) is 0 Å². The van der Waals surface area contributed by atoms with Crippen molar-refractivity contribution in [1.29, 1.82) is 0 Å². The van der Waals surface area contributed by atoms with Crippen LogP contribution >= 0.6 is 11.3 Å². The molecule has 1 saturated heterocycles. The molecule has 0 aliphatic carbocycles. The van der Waals surface area contributed by atoms with Crippen molar-refractivity contribution in [2.24, 2.45) is 0 Å². The first-order chi connectivity index (χ1) is 13.2. The summed E-state index contributed by atoms with van der Waals surface area (Å²) < 4.78 is 11.1. The standard InChI is InChI=1S/C21H30N2O3S/c1-18-7-8-21(27-18)16-23(10-9-22-11-13-25-14-12-22)15-19(24)17-26-20-5-3-2-4-6-20/h2-8,19,24H,9-17H2,1H3. The van der Waals surface area contributed by atoms with Crippen LogP contribution in [0.2, 0.25) is 0 Å². The number of ether oxygens (including phenoxy) is 2. The van der Waals surface area contributed by atoms with Crippen molar-refractivity contribution < 1.29 is 14.6 Å². The number of rotatable bonds is 10. The summed E-state index contributed by atoms with van der Waals surface area (Å²) in [6.45, 7) is 9.46. The zero-order valence-corrected chi connectivity index (χ0v) is 16.9. The molecule has 3 rings (SSSR count). The van der Waals surface area contributed by atoms with Crippen molar-refractivity contribution in [3.05, 3.63) is 52.2 Å². The Morgan fingerprint density at radius 2 is 1.96 bits per heavy atom. The number of aryl methyl sites for hydroxylation is 1. The van der Waals surface area contributed by atoms with Gasteiger partial charge in [0, 0.05) is 49.0 Å². The predicted molar refractivity (Wildman–Crippen MR) is 110 cm³/mol. The minimum absolute atomic E-state index is 0.307. The quantitative estimate of drug-likeness (QED) is 0.676. The third-order valence-corrected chi connectivity index (χ3v) is 5.65. The Hall–Kier alpha value is -1.44. The van der Waals surface area contributed by atoms with Crippen molar-refractivity contribution in [3.8, 4) is 5.75 Å². The molecule has 1 N–H and O–H groups in total. The molecule has 1 aromatic heterocycles. The van der Waals surface area contributed by atoms with E-state index in [2.05, 4.69) is 28.9 Å². The summed E-state index contributed by atoms with van der Waals surface area (Å²) >= 11 is 1.83. The van der Waals surface area contributed by atoms with Gasteiger partial charge in [-0.15, -0.1) is 11.3 Å². The lowest BCUT2D eigenvalue weighted by Crippen LogP contribution is -2.43. The number of aliphatic hydroxyl groups excluding tert-OH is 1. The predicted octanol–water partition coefficient (Wildman–Crippen LogP) is 2.63. The van der Waals surface area contributed by atoms with Gasteiger partial charge in [0.25, 0.3) is 0 Å². The number of benzene rings is 1. The van der Waals surface area contributed by atoms with E-state index in [-0.39, 0.29) is 0 Å². The molecule has 2 heterocycles. The van der Waals surface area contributed by atoms with Crippen LogP contribution in [0.4, 0.5) is 0 Å². The van der Waals surface area contributed by atoms with Gasteiger partial charge in [-0.3, -0.25) is 9.80 Å². The van der Waals surface area contributed by atoms with Crippen molar-refractivity contribution in [1.82, 2.24) is 9.80 Å². The number of aliphatic hydroxyl groups is 1. The summed E-state index contributed by atoms with van der Waals surface area (Å²) in [6, 6.07) is 14.0.